The third-order valence-corrected chi connectivity index (χ3v) is 3.33. The van der Waals surface area contributed by atoms with E-state index in [0.29, 0.717) is 17.2 Å². The fourth-order valence-electron chi connectivity index (χ4n) is 2.18. The lowest BCUT2D eigenvalue weighted by atomic mass is 10.2. The predicted octanol–water partition coefficient (Wildman–Crippen LogP) is 1.90. The Balaban J connectivity index is 1.54. The standard InChI is InChI=1S/C18H16N2O5/c1-12(21)24-14-8-6-13(7-9-14)10-19-20-18(22)17-11-23-15-4-2-3-5-16(15)25-17/h2-10,17H,11H2,1H3,(H,20,22)/b19-10-/t17-/m0/s1. The quantitative estimate of drug-likeness (QED) is 0.398. The van der Waals surface area contributed by atoms with E-state index >= 15 is 0 Å². The summed E-state index contributed by atoms with van der Waals surface area (Å²) < 4.78 is 16.0. The molecule has 0 fully saturated rings. The first kappa shape index (κ1) is 16.5. The minimum absolute atomic E-state index is 0.120. The third-order valence-electron chi connectivity index (χ3n) is 3.33. The van der Waals surface area contributed by atoms with Crippen LogP contribution < -0.4 is 19.6 Å². The largest absolute Gasteiger partial charge is 0.485 e. The molecule has 0 bridgehead atoms. The lowest BCUT2D eigenvalue weighted by Crippen LogP contribution is -2.42. The summed E-state index contributed by atoms with van der Waals surface area (Å²) in [5, 5.41) is 3.90. The first-order valence-electron chi connectivity index (χ1n) is 7.62. The molecule has 7 heteroatoms. The Morgan fingerprint density at radius 1 is 1.16 bits per heavy atom. The Morgan fingerprint density at radius 2 is 1.88 bits per heavy atom. The Hall–Kier alpha value is -3.35. The summed E-state index contributed by atoms with van der Waals surface area (Å²) in [6.45, 7) is 1.45. The number of nitrogens with zero attached hydrogens (tertiary/aromatic N) is 1. The molecule has 25 heavy (non-hydrogen) atoms. The molecule has 0 aliphatic carbocycles. The molecule has 0 spiro atoms. The van der Waals surface area contributed by atoms with E-state index in [-0.39, 0.29) is 12.6 Å². The molecule has 1 N–H and O–H groups in total. The number of fused-ring (bicyclic) bond motifs is 1. The molecule has 0 radical (unpaired) electrons. The first-order chi connectivity index (χ1) is 12.1. The number of hydrogen-bond acceptors (Lipinski definition) is 6. The Morgan fingerprint density at radius 3 is 2.60 bits per heavy atom. The van der Waals surface area contributed by atoms with Gasteiger partial charge in [0, 0.05) is 6.92 Å². The van der Waals surface area contributed by atoms with Crippen LogP contribution in [0.3, 0.4) is 0 Å². The van der Waals surface area contributed by atoms with Gasteiger partial charge in [0.2, 0.25) is 6.10 Å². The highest BCUT2D eigenvalue weighted by atomic mass is 16.6. The molecule has 0 saturated heterocycles. The van der Waals surface area contributed by atoms with Crippen molar-refractivity contribution in [2.75, 3.05) is 6.61 Å². The van der Waals surface area contributed by atoms with Crippen molar-refractivity contribution < 1.29 is 23.8 Å². The van der Waals surface area contributed by atoms with E-state index < -0.39 is 12.0 Å². The maximum Gasteiger partial charge on any atom is 0.308 e. The number of carbonyl (C=O) groups excluding carboxylic acids is 2. The zero-order valence-corrected chi connectivity index (χ0v) is 13.5. The van der Waals surface area contributed by atoms with Gasteiger partial charge in [-0.1, -0.05) is 12.1 Å². The molecule has 7 nitrogen and oxygen atoms in total. The fraction of sp³-hybridized carbons (Fsp3) is 0.167. The summed E-state index contributed by atoms with van der Waals surface area (Å²) in [5.74, 6) is 0.800. The van der Waals surface area contributed by atoms with Crippen molar-refractivity contribution >= 4 is 18.1 Å². The highest BCUT2D eigenvalue weighted by Crippen LogP contribution is 2.30. The second kappa shape index (κ2) is 7.48. The van der Waals surface area contributed by atoms with Crippen LogP contribution in [0.25, 0.3) is 0 Å². The van der Waals surface area contributed by atoms with Gasteiger partial charge >= 0.3 is 5.97 Å². The second-order valence-corrected chi connectivity index (χ2v) is 5.26. The molecular weight excluding hydrogens is 324 g/mol. The SMILES string of the molecule is CC(=O)Oc1ccc(/C=N\NC(=O)[C@@H]2COc3ccccc3O2)cc1. The van der Waals surface area contributed by atoms with Gasteiger partial charge < -0.3 is 14.2 Å². The molecule has 1 amide bonds. The summed E-state index contributed by atoms with van der Waals surface area (Å²) in [7, 11) is 0. The number of carbonyl (C=O) groups is 2. The molecule has 1 atom stereocenters. The van der Waals surface area contributed by atoms with Gasteiger partial charge in [-0.05, 0) is 42.0 Å². The van der Waals surface area contributed by atoms with Crippen LogP contribution in [0.15, 0.2) is 53.6 Å². The maximum atomic E-state index is 12.1. The van der Waals surface area contributed by atoms with Crippen LogP contribution in [0.2, 0.25) is 0 Å². The minimum atomic E-state index is -0.765. The summed E-state index contributed by atoms with van der Waals surface area (Å²) in [6.07, 6.45) is 0.714. The molecule has 3 rings (SSSR count). The van der Waals surface area contributed by atoms with Crippen LogP contribution >= 0.6 is 0 Å². The summed E-state index contributed by atoms with van der Waals surface area (Å²) in [4.78, 5) is 22.9. The monoisotopic (exact) mass is 340 g/mol. The Labute approximate surface area is 144 Å². The smallest absolute Gasteiger partial charge is 0.308 e. The van der Waals surface area contributed by atoms with Crippen LogP contribution in [0, 0.1) is 0 Å². The number of hydrazone groups is 1. The van der Waals surface area contributed by atoms with Crippen molar-refractivity contribution in [1.82, 2.24) is 5.43 Å². The molecular formula is C18H16N2O5. The number of amides is 1. The number of hydrogen-bond donors (Lipinski definition) is 1. The van der Waals surface area contributed by atoms with Gasteiger partial charge in [0.05, 0.1) is 6.21 Å². The topological polar surface area (TPSA) is 86.2 Å². The van der Waals surface area contributed by atoms with Crippen LogP contribution in [0.1, 0.15) is 12.5 Å². The van der Waals surface area contributed by atoms with Gasteiger partial charge in [-0.15, -0.1) is 0 Å². The van der Waals surface area contributed by atoms with Crippen molar-refractivity contribution in [3.8, 4) is 17.2 Å². The van der Waals surface area contributed by atoms with E-state index in [1.165, 1.54) is 13.1 Å². The van der Waals surface area contributed by atoms with Gasteiger partial charge in [0.15, 0.2) is 11.5 Å². The molecule has 0 aromatic heterocycles. The van der Waals surface area contributed by atoms with Gasteiger partial charge in [0.25, 0.3) is 5.91 Å². The first-order valence-corrected chi connectivity index (χ1v) is 7.62. The van der Waals surface area contributed by atoms with E-state index in [1.54, 1.807) is 42.5 Å². The number of benzene rings is 2. The summed E-state index contributed by atoms with van der Waals surface area (Å²) >= 11 is 0. The van der Waals surface area contributed by atoms with Gasteiger partial charge in [0.1, 0.15) is 12.4 Å². The van der Waals surface area contributed by atoms with Crippen molar-refractivity contribution in [1.29, 1.82) is 0 Å². The molecule has 1 aliphatic heterocycles. The van der Waals surface area contributed by atoms with E-state index in [9.17, 15) is 9.59 Å². The number of nitrogens with one attached hydrogen (secondary N) is 1. The minimum Gasteiger partial charge on any atom is -0.485 e. The number of esters is 1. The number of rotatable bonds is 4. The fourth-order valence-corrected chi connectivity index (χ4v) is 2.18. The molecule has 2 aromatic rings. The predicted molar refractivity (Wildman–Crippen MR) is 89.8 cm³/mol. The van der Waals surface area contributed by atoms with Crippen molar-refractivity contribution in [2.45, 2.75) is 13.0 Å². The van der Waals surface area contributed by atoms with Crippen molar-refractivity contribution in [2.24, 2.45) is 5.10 Å². The highest BCUT2D eigenvalue weighted by molar-refractivity contribution is 5.85. The Kier molecular flexibility index (Phi) is 4.94. The van der Waals surface area contributed by atoms with E-state index in [4.69, 9.17) is 14.2 Å². The molecule has 128 valence electrons. The summed E-state index contributed by atoms with van der Waals surface area (Å²) in [5.41, 5.74) is 3.16. The van der Waals surface area contributed by atoms with Crippen LogP contribution in [-0.4, -0.2) is 30.8 Å². The van der Waals surface area contributed by atoms with Gasteiger partial charge in [-0.25, -0.2) is 5.43 Å². The zero-order chi connectivity index (χ0) is 17.6. The van der Waals surface area contributed by atoms with E-state index in [2.05, 4.69) is 10.5 Å². The molecule has 0 saturated carbocycles. The third kappa shape index (κ3) is 4.35. The van der Waals surface area contributed by atoms with Crippen LogP contribution in [0.5, 0.6) is 17.2 Å². The van der Waals surface area contributed by atoms with E-state index in [1.807, 2.05) is 6.07 Å². The number of ether oxygens (including phenoxy) is 3. The average Bonchev–Trinajstić information content (AvgIpc) is 2.62. The second-order valence-electron chi connectivity index (χ2n) is 5.26. The Bertz CT molecular complexity index is 801. The van der Waals surface area contributed by atoms with Gasteiger partial charge in [-0.3, -0.25) is 9.59 Å². The molecule has 1 aliphatic rings. The lowest BCUT2D eigenvalue weighted by molar-refractivity contribution is -0.132. The summed E-state index contributed by atoms with van der Waals surface area (Å²) in [6, 6.07) is 13.9. The maximum absolute atomic E-state index is 12.1. The average molecular weight is 340 g/mol. The van der Waals surface area contributed by atoms with Crippen LogP contribution in [0.4, 0.5) is 0 Å². The van der Waals surface area contributed by atoms with Crippen LogP contribution in [-0.2, 0) is 9.59 Å². The molecule has 1 heterocycles. The number of para-hydroxylation sites is 2. The lowest BCUT2D eigenvalue weighted by Gasteiger charge is -2.24. The zero-order valence-electron chi connectivity index (χ0n) is 13.5. The normalized spacial score (nSPS) is 15.6. The molecule has 2 aromatic carbocycles. The highest BCUT2D eigenvalue weighted by Gasteiger charge is 2.26. The van der Waals surface area contributed by atoms with Crippen molar-refractivity contribution in [3.63, 3.8) is 0 Å². The van der Waals surface area contributed by atoms with Crippen molar-refractivity contribution in [3.05, 3.63) is 54.1 Å². The molecule has 0 unspecified atom stereocenters. The van der Waals surface area contributed by atoms with Gasteiger partial charge in [-0.2, -0.15) is 5.10 Å². The van der Waals surface area contributed by atoms with E-state index in [0.717, 1.165) is 5.56 Å².